The lowest BCUT2D eigenvalue weighted by atomic mass is 10.0. The molecule has 2 saturated carbocycles. The molecule has 0 unspecified atom stereocenters. The number of rotatable bonds is 11. The topological polar surface area (TPSA) is 136 Å². The molecule has 47 heavy (non-hydrogen) atoms. The summed E-state index contributed by atoms with van der Waals surface area (Å²) in [5.41, 5.74) is 0.751. The zero-order valence-electron chi connectivity index (χ0n) is 26.7. The van der Waals surface area contributed by atoms with E-state index in [2.05, 4.69) is 15.3 Å². The fourth-order valence-corrected chi connectivity index (χ4v) is 4.20. The number of aliphatic hydroxyl groups excluding tert-OH is 1. The third-order valence-electron chi connectivity index (χ3n) is 6.84. The maximum absolute atomic E-state index is 13.2. The van der Waals surface area contributed by atoms with E-state index in [9.17, 15) is 28.3 Å². The van der Waals surface area contributed by atoms with E-state index in [4.69, 9.17) is 9.47 Å². The van der Waals surface area contributed by atoms with Crippen LogP contribution in [0.25, 0.3) is 16.7 Å². The number of ether oxygens (including phenoxy) is 2. The van der Waals surface area contributed by atoms with E-state index in [0.29, 0.717) is 22.3 Å². The van der Waals surface area contributed by atoms with Gasteiger partial charge in [0.05, 0.1) is 25.3 Å². The zero-order chi connectivity index (χ0) is 34.1. The molecule has 0 aliphatic heterocycles. The predicted molar refractivity (Wildman–Crippen MR) is 170 cm³/mol. The fraction of sp³-hybridized carbons (Fsp3) is 0.353. The van der Waals surface area contributed by atoms with Gasteiger partial charge in [-0.1, -0.05) is 24.3 Å². The Morgan fingerprint density at radius 3 is 2.11 bits per heavy atom. The van der Waals surface area contributed by atoms with Gasteiger partial charge in [-0.25, -0.2) is 18.4 Å². The Labute approximate surface area is 270 Å². The van der Waals surface area contributed by atoms with E-state index in [-0.39, 0.29) is 48.3 Å². The van der Waals surface area contributed by atoms with Gasteiger partial charge in [0.25, 0.3) is 0 Å². The van der Waals surface area contributed by atoms with Gasteiger partial charge in [-0.05, 0) is 74.9 Å². The summed E-state index contributed by atoms with van der Waals surface area (Å²) in [7, 11) is 3.54. The first-order valence-electron chi connectivity index (χ1n) is 15.2. The van der Waals surface area contributed by atoms with Crippen LogP contribution in [-0.4, -0.2) is 65.1 Å². The summed E-state index contributed by atoms with van der Waals surface area (Å²) in [6, 6.07) is 11.5. The van der Waals surface area contributed by atoms with Gasteiger partial charge in [0.2, 0.25) is 16.8 Å². The normalized spacial score (nSPS) is 15.0. The smallest absolute Gasteiger partial charge is 0.362 e. The quantitative estimate of drug-likeness (QED) is 0.0849. The van der Waals surface area contributed by atoms with Crippen LogP contribution in [0, 0.1) is 11.6 Å². The number of hydrogen-bond donors (Lipinski definition) is 1. The lowest BCUT2D eigenvalue weighted by molar-refractivity contribution is -0.138. The SMILES string of the molecule is CCOC(=O)C(N=NC1CC1)=C(O)C(=CN(C)C)c1ccc(F)cc1.CCOC(=O)c1nn(C2CC2)cc(-c2ccc(F)cc2)c1=O. The van der Waals surface area contributed by atoms with Gasteiger partial charge in [0.1, 0.15) is 11.6 Å². The van der Waals surface area contributed by atoms with Gasteiger partial charge in [-0.15, -0.1) is 5.11 Å². The molecular weight excluding hydrogens is 612 g/mol. The number of allylic oxidation sites excluding steroid dienone is 1. The van der Waals surface area contributed by atoms with Crippen molar-refractivity contribution >= 4 is 17.5 Å². The number of carbonyl (C=O) groups is 2. The van der Waals surface area contributed by atoms with Crippen molar-refractivity contribution in [3.8, 4) is 11.1 Å². The number of hydrogen-bond acceptors (Lipinski definition) is 10. The highest BCUT2D eigenvalue weighted by Gasteiger charge is 2.28. The maximum Gasteiger partial charge on any atom is 0.362 e. The minimum absolute atomic E-state index is 0.0873. The number of nitrogens with zero attached hydrogens (tertiary/aromatic N) is 5. The van der Waals surface area contributed by atoms with Crippen LogP contribution in [0.1, 0.15) is 61.6 Å². The van der Waals surface area contributed by atoms with Crippen molar-refractivity contribution < 1.29 is 33.0 Å². The van der Waals surface area contributed by atoms with Crippen molar-refractivity contribution in [1.82, 2.24) is 14.7 Å². The van der Waals surface area contributed by atoms with Crippen molar-refractivity contribution in [2.24, 2.45) is 10.2 Å². The first kappa shape index (κ1) is 34.7. The number of aliphatic hydroxyl groups is 1. The predicted octanol–water partition coefficient (Wildman–Crippen LogP) is 6.24. The third-order valence-corrected chi connectivity index (χ3v) is 6.84. The summed E-state index contributed by atoms with van der Waals surface area (Å²) in [5, 5.41) is 22.8. The summed E-state index contributed by atoms with van der Waals surface area (Å²) in [5.74, 6) is -2.62. The molecule has 5 rings (SSSR count). The minimum Gasteiger partial charge on any atom is -0.505 e. The van der Waals surface area contributed by atoms with E-state index >= 15 is 0 Å². The molecule has 0 atom stereocenters. The first-order valence-corrected chi connectivity index (χ1v) is 15.2. The molecule has 2 aliphatic carbocycles. The second-order valence-corrected chi connectivity index (χ2v) is 11.0. The minimum atomic E-state index is -0.754. The molecule has 1 N–H and O–H groups in total. The Morgan fingerprint density at radius 1 is 0.979 bits per heavy atom. The average Bonchev–Trinajstić information content (AvgIpc) is 3.97. The Kier molecular flexibility index (Phi) is 11.7. The second kappa shape index (κ2) is 15.9. The van der Waals surface area contributed by atoms with Gasteiger partial charge in [0, 0.05) is 37.6 Å². The molecule has 0 radical (unpaired) electrons. The fourth-order valence-electron chi connectivity index (χ4n) is 4.20. The van der Waals surface area contributed by atoms with E-state index < -0.39 is 23.2 Å². The molecule has 13 heteroatoms. The molecule has 3 aromatic rings. The highest BCUT2D eigenvalue weighted by atomic mass is 19.1. The number of carbonyl (C=O) groups excluding carboxylic acids is 2. The molecular formula is C34H37F2N5O6. The van der Waals surface area contributed by atoms with Crippen LogP contribution >= 0.6 is 0 Å². The van der Waals surface area contributed by atoms with Gasteiger partial charge in [-0.2, -0.15) is 10.2 Å². The van der Waals surface area contributed by atoms with Crippen LogP contribution in [0.15, 0.2) is 87.4 Å². The van der Waals surface area contributed by atoms with Crippen LogP contribution in [0.3, 0.4) is 0 Å². The second-order valence-electron chi connectivity index (χ2n) is 11.0. The molecule has 2 fully saturated rings. The largest absolute Gasteiger partial charge is 0.505 e. The molecule has 11 nitrogen and oxygen atoms in total. The van der Waals surface area contributed by atoms with Crippen molar-refractivity contribution in [2.45, 2.75) is 51.6 Å². The molecule has 1 heterocycles. The first-order chi connectivity index (χ1) is 22.5. The van der Waals surface area contributed by atoms with Crippen LogP contribution in [-0.2, 0) is 14.3 Å². The summed E-state index contributed by atoms with van der Waals surface area (Å²) in [6.07, 6.45) is 6.99. The Bertz CT molecular complexity index is 1730. The Hall–Kier alpha value is -5.20. The highest BCUT2D eigenvalue weighted by molar-refractivity contribution is 5.93. The molecule has 0 spiro atoms. The third kappa shape index (κ3) is 9.65. The van der Waals surface area contributed by atoms with Crippen molar-refractivity contribution in [2.75, 3.05) is 27.3 Å². The monoisotopic (exact) mass is 649 g/mol. The van der Waals surface area contributed by atoms with Crippen LogP contribution in [0.5, 0.6) is 0 Å². The van der Waals surface area contributed by atoms with E-state index in [1.54, 1.807) is 49.9 Å². The molecule has 0 saturated heterocycles. The molecule has 2 aliphatic rings. The van der Waals surface area contributed by atoms with Crippen LogP contribution in [0.2, 0.25) is 0 Å². The van der Waals surface area contributed by atoms with Gasteiger partial charge in [-0.3, -0.25) is 9.48 Å². The summed E-state index contributed by atoms with van der Waals surface area (Å²) < 4.78 is 37.8. The van der Waals surface area contributed by atoms with Gasteiger partial charge in [0.15, 0.2) is 5.76 Å². The summed E-state index contributed by atoms with van der Waals surface area (Å²) in [4.78, 5) is 38.3. The van der Waals surface area contributed by atoms with E-state index in [1.165, 1.54) is 48.5 Å². The zero-order valence-corrected chi connectivity index (χ0v) is 26.7. The number of halogens is 2. The number of esters is 2. The highest BCUT2D eigenvalue weighted by Crippen LogP contribution is 2.34. The molecule has 0 amide bonds. The number of benzene rings is 2. The molecule has 2 aromatic carbocycles. The lowest BCUT2D eigenvalue weighted by Gasteiger charge is -2.13. The maximum atomic E-state index is 13.2. The Balaban J connectivity index is 0.000000214. The van der Waals surface area contributed by atoms with Gasteiger partial charge >= 0.3 is 11.9 Å². The van der Waals surface area contributed by atoms with Gasteiger partial charge < -0.3 is 19.5 Å². The average molecular weight is 650 g/mol. The van der Waals surface area contributed by atoms with E-state index in [1.807, 2.05) is 0 Å². The Morgan fingerprint density at radius 2 is 1.57 bits per heavy atom. The van der Waals surface area contributed by atoms with Crippen molar-refractivity contribution in [1.29, 1.82) is 0 Å². The summed E-state index contributed by atoms with van der Waals surface area (Å²) >= 11 is 0. The number of azo groups is 1. The molecule has 248 valence electrons. The van der Waals surface area contributed by atoms with Crippen LogP contribution < -0.4 is 5.43 Å². The van der Waals surface area contributed by atoms with Crippen molar-refractivity contribution in [3.05, 3.63) is 105 Å². The number of aromatic nitrogens is 2. The van der Waals surface area contributed by atoms with Crippen molar-refractivity contribution in [3.63, 3.8) is 0 Å². The molecule has 0 bridgehead atoms. The van der Waals surface area contributed by atoms with E-state index in [0.717, 1.165) is 25.7 Å². The molecule has 1 aromatic heterocycles. The van der Waals surface area contributed by atoms with Crippen LogP contribution in [0.4, 0.5) is 8.78 Å². The summed E-state index contributed by atoms with van der Waals surface area (Å²) in [6.45, 7) is 3.66. The lowest BCUT2D eigenvalue weighted by Crippen LogP contribution is -2.25. The standard InChI is InChI=1S/C18H22FN3O3.C16H15FN2O3/c1-4-25-18(24)16(21-20-14-9-10-14)17(23)15(11-22(2)3)12-5-7-13(19)8-6-12;1-2-22-16(21)14-15(20)13(9-19(18-14)12-7-8-12)10-3-5-11(17)6-4-10/h5-8,11,14,23H,4,9-10H2,1-3H3;3-6,9,12H,2,7-8H2,1H3.